The van der Waals surface area contributed by atoms with E-state index in [-0.39, 0.29) is 24.0 Å². The summed E-state index contributed by atoms with van der Waals surface area (Å²) in [4.78, 5) is 61.1. The molecule has 2 unspecified atom stereocenters. The second-order valence-corrected chi connectivity index (χ2v) is 9.94. The third kappa shape index (κ3) is 10.9. The molecule has 0 aliphatic carbocycles. The van der Waals surface area contributed by atoms with Crippen LogP contribution in [-0.4, -0.2) is 52.4 Å². The largest absolute Gasteiger partial charge is 0.481 e. The Morgan fingerprint density at radius 2 is 1.59 bits per heavy atom. The zero-order valence-electron chi connectivity index (χ0n) is 21.2. The number of rotatable bonds is 14. The SMILES string of the molecule is CC(=O)Nc1cccc(CC(=O)NC(C(=O)NC(CC(=O)O)C(=O)CSCc2ccccc2)C(C)C)c1. The van der Waals surface area contributed by atoms with E-state index in [4.69, 9.17) is 0 Å². The lowest BCUT2D eigenvalue weighted by atomic mass is 10.0. The third-order valence-corrected chi connectivity index (χ3v) is 6.34. The maximum absolute atomic E-state index is 13.0. The molecule has 0 aliphatic heterocycles. The van der Waals surface area contributed by atoms with Gasteiger partial charge in [0.25, 0.3) is 0 Å². The van der Waals surface area contributed by atoms with Crippen molar-refractivity contribution >= 4 is 46.9 Å². The maximum Gasteiger partial charge on any atom is 0.305 e. The van der Waals surface area contributed by atoms with Gasteiger partial charge in [-0.15, -0.1) is 11.8 Å². The number of carbonyl (C=O) groups is 5. The van der Waals surface area contributed by atoms with Crippen molar-refractivity contribution in [2.75, 3.05) is 11.1 Å². The number of amides is 3. The van der Waals surface area contributed by atoms with E-state index in [1.807, 2.05) is 30.3 Å². The summed E-state index contributed by atoms with van der Waals surface area (Å²) in [5, 5.41) is 17.1. The van der Waals surface area contributed by atoms with Crippen LogP contribution in [0.5, 0.6) is 0 Å². The summed E-state index contributed by atoms with van der Waals surface area (Å²) in [7, 11) is 0. The summed E-state index contributed by atoms with van der Waals surface area (Å²) in [5.74, 6) is -2.60. The third-order valence-electron chi connectivity index (χ3n) is 5.32. The predicted octanol–water partition coefficient (Wildman–Crippen LogP) is 2.79. The van der Waals surface area contributed by atoms with Crippen molar-refractivity contribution in [2.45, 2.75) is 51.4 Å². The number of Topliss-reactive ketones (excluding diaryl/α,β-unsaturated/α-hetero) is 1. The molecule has 2 aromatic rings. The summed E-state index contributed by atoms with van der Waals surface area (Å²) >= 11 is 1.34. The van der Waals surface area contributed by atoms with Crippen LogP contribution in [0.3, 0.4) is 0 Å². The topological polar surface area (TPSA) is 142 Å². The highest BCUT2D eigenvalue weighted by molar-refractivity contribution is 7.99. The normalized spacial score (nSPS) is 12.3. The Balaban J connectivity index is 2.00. The molecule has 37 heavy (non-hydrogen) atoms. The van der Waals surface area contributed by atoms with Crippen molar-refractivity contribution in [1.29, 1.82) is 0 Å². The van der Waals surface area contributed by atoms with Gasteiger partial charge in [-0.2, -0.15) is 0 Å². The van der Waals surface area contributed by atoms with Gasteiger partial charge in [0.1, 0.15) is 6.04 Å². The van der Waals surface area contributed by atoms with E-state index in [2.05, 4.69) is 16.0 Å². The molecule has 0 saturated carbocycles. The molecule has 10 heteroatoms. The van der Waals surface area contributed by atoms with Crippen LogP contribution in [0.4, 0.5) is 5.69 Å². The van der Waals surface area contributed by atoms with Crippen LogP contribution in [0.1, 0.15) is 38.3 Å². The first-order chi connectivity index (χ1) is 17.5. The number of carbonyl (C=O) groups excluding carboxylic acids is 4. The maximum atomic E-state index is 13.0. The van der Waals surface area contributed by atoms with Gasteiger partial charge >= 0.3 is 5.97 Å². The van der Waals surface area contributed by atoms with Crippen molar-refractivity contribution in [3.8, 4) is 0 Å². The Morgan fingerprint density at radius 1 is 0.919 bits per heavy atom. The minimum Gasteiger partial charge on any atom is -0.481 e. The number of anilines is 1. The summed E-state index contributed by atoms with van der Waals surface area (Å²) in [6, 6.07) is 14.2. The molecule has 2 rings (SSSR count). The van der Waals surface area contributed by atoms with Crippen molar-refractivity contribution in [3.63, 3.8) is 0 Å². The number of ketones is 1. The van der Waals surface area contributed by atoms with Gasteiger partial charge in [0.2, 0.25) is 17.7 Å². The number of thioether (sulfide) groups is 1. The van der Waals surface area contributed by atoms with Crippen molar-refractivity contribution < 1.29 is 29.1 Å². The summed E-state index contributed by atoms with van der Waals surface area (Å²) in [6.45, 7) is 4.87. The lowest BCUT2D eigenvalue weighted by Crippen LogP contribution is -2.54. The van der Waals surface area contributed by atoms with E-state index in [1.54, 1.807) is 38.1 Å². The Hall–Kier alpha value is -3.66. The summed E-state index contributed by atoms with van der Waals surface area (Å²) in [5.41, 5.74) is 2.22. The molecule has 2 aromatic carbocycles. The highest BCUT2D eigenvalue weighted by Gasteiger charge is 2.30. The van der Waals surface area contributed by atoms with Gasteiger partial charge in [-0.25, -0.2) is 0 Å². The molecule has 4 N–H and O–H groups in total. The molecule has 9 nitrogen and oxygen atoms in total. The highest BCUT2D eigenvalue weighted by Crippen LogP contribution is 2.14. The van der Waals surface area contributed by atoms with Gasteiger partial charge in [0.15, 0.2) is 5.78 Å². The Kier molecular flexibility index (Phi) is 11.8. The van der Waals surface area contributed by atoms with Crippen molar-refractivity contribution in [3.05, 3.63) is 65.7 Å². The number of benzene rings is 2. The second kappa shape index (κ2) is 14.8. The first kappa shape index (κ1) is 29.6. The van der Waals surface area contributed by atoms with E-state index in [0.717, 1.165) is 5.56 Å². The van der Waals surface area contributed by atoms with Crippen LogP contribution < -0.4 is 16.0 Å². The summed E-state index contributed by atoms with van der Waals surface area (Å²) < 4.78 is 0. The first-order valence-electron chi connectivity index (χ1n) is 11.9. The average Bonchev–Trinajstić information content (AvgIpc) is 2.82. The smallest absolute Gasteiger partial charge is 0.305 e. The molecule has 198 valence electrons. The zero-order valence-corrected chi connectivity index (χ0v) is 22.0. The molecule has 2 atom stereocenters. The molecular formula is C27H33N3O6S. The summed E-state index contributed by atoms with van der Waals surface area (Å²) in [6.07, 6.45) is -0.581. The van der Waals surface area contributed by atoms with Gasteiger partial charge in [0, 0.05) is 18.4 Å². The Labute approximate surface area is 220 Å². The Morgan fingerprint density at radius 3 is 2.22 bits per heavy atom. The molecule has 0 aliphatic rings. The molecule has 0 saturated heterocycles. The van der Waals surface area contributed by atoms with Crippen LogP contribution in [0.15, 0.2) is 54.6 Å². The van der Waals surface area contributed by atoms with E-state index in [0.29, 0.717) is 17.0 Å². The van der Waals surface area contributed by atoms with Crippen LogP contribution in [-0.2, 0) is 36.1 Å². The van der Waals surface area contributed by atoms with E-state index < -0.39 is 42.1 Å². The molecular weight excluding hydrogens is 494 g/mol. The lowest BCUT2D eigenvalue weighted by Gasteiger charge is -2.24. The fourth-order valence-electron chi connectivity index (χ4n) is 3.53. The lowest BCUT2D eigenvalue weighted by molar-refractivity contribution is -0.140. The first-order valence-corrected chi connectivity index (χ1v) is 13.0. The second-order valence-electron chi connectivity index (χ2n) is 8.95. The van der Waals surface area contributed by atoms with Gasteiger partial charge in [-0.05, 0) is 29.2 Å². The fourth-order valence-corrected chi connectivity index (χ4v) is 4.47. The molecule has 3 amide bonds. The van der Waals surface area contributed by atoms with Crippen LogP contribution in [0.2, 0.25) is 0 Å². The minimum absolute atomic E-state index is 0.0302. The molecule has 0 aromatic heterocycles. The van der Waals surface area contributed by atoms with E-state index in [9.17, 15) is 29.1 Å². The molecule has 0 radical (unpaired) electrons. The van der Waals surface area contributed by atoms with Crippen molar-refractivity contribution in [1.82, 2.24) is 10.6 Å². The minimum atomic E-state index is -1.21. The average molecular weight is 528 g/mol. The highest BCUT2D eigenvalue weighted by atomic mass is 32.2. The number of aliphatic carboxylic acids is 1. The number of hydrogen-bond acceptors (Lipinski definition) is 6. The number of carboxylic acid groups (broad SMARTS) is 1. The molecule has 0 heterocycles. The van der Waals surface area contributed by atoms with Crippen LogP contribution >= 0.6 is 11.8 Å². The quantitative estimate of drug-likeness (QED) is 0.296. The van der Waals surface area contributed by atoms with Gasteiger partial charge in [0.05, 0.1) is 24.6 Å². The van der Waals surface area contributed by atoms with Crippen molar-refractivity contribution in [2.24, 2.45) is 5.92 Å². The van der Waals surface area contributed by atoms with Gasteiger partial charge < -0.3 is 21.1 Å². The Bertz CT molecular complexity index is 1110. The standard InChI is InChI=1S/C27H33N3O6S/c1-17(2)26(30-24(33)13-20-10-7-11-21(12-20)28-18(3)31)27(36)29-22(14-25(34)35)23(32)16-37-15-19-8-5-4-6-9-19/h4-12,17,22,26H,13-16H2,1-3H3,(H,28,31)(H,29,36)(H,30,33)(H,34,35). The fraction of sp³-hybridized carbons (Fsp3) is 0.370. The van der Waals surface area contributed by atoms with Crippen LogP contribution in [0.25, 0.3) is 0 Å². The molecule has 0 bridgehead atoms. The number of hydrogen-bond donors (Lipinski definition) is 4. The molecule has 0 fully saturated rings. The van der Waals surface area contributed by atoms with E-state index >= 15 is 0 Å². The van der Waals surface area contributed by atoms with E-state index in [1.165, 1.54) is 18.7 Å². The zero-order chi connectivity index (χ0) is 27.4. The molecule has 0 spiro atoms. The monoisotopic (exact) mass is 527 g/mol. The predicted molar refractivity (Wildman–Crippen MR) is 143 cm³/mol. The van der Waals surface area contributed by atoms with Gasteiger partial charge in [-0.3, -0.25) is 24.0 Å². The van der Waals surface area contributed by atoms with Gasteiger partial charge in [-0.1, -0.05) is 56.3 Å². The number of nitrogens with one attached hydrogen (secondary N) is 3. The van der Waals surface area contributed by atoms with Crippen LogP contribution in [0, 0.1) is 5.92 Å². The number of carboxylic acids is 1.